The van der Waals surface area contributed by atoms with E-state index >= 15 is 0 Å². The highest BCUT2D eigenvalue weighted by Crippen LogP contribution is 2.40. The van der Waals surface area contributed by atoms with Crippen LogP contribution in [0.4, 0.5) is 9.18 Å². The fourth-order valence-electron chi connectivity index (χ4n) is 2.70. The van der Waals surface area contributed by atoms with Gasteiger partial charge in [0.05, 0.1) is 6.54 Å². The van der Waals surface area contributed by atoms with E-state index in [9.17, 15) is 14.0 Å². The quantitative estimate of drug-likeness (QED) is 0.754. The van der Waals surface area contributed by atoms with E-state index in [4.69, 9.17) is 0 Å². The molecule has 25 heavy (non-hydrogen) atoms. The summed E-state index contributed by atoms with van der Waals surface area (Å²) in [7, 11) is 0. The lowest BCUT2D eigenvalue weighted by atomic mass is 10.1. The number of nitrogens with one attached hydrogen (secondary N) is 3. The van der Waals surface area contributed by atoms with Gasteiger partial charge in [-0.3, -0.25) is 4.79 Å². The third-order valence-corrected chi connectivity index (χ3v) is 4.13. The van der Waals surface area contributed by atoms with E-state index in [1.807, 2.05) is 36.4 Å². The second-order valence-corrected chi connectivity index (χ2v) is 6.09. The third-order valence-electron chi connectivity index (χ3n) is 4.13. The molecule has 2 atom stereocenters. The zero-order valence-electron chi connectivity index (χ0n) is 13.7. The van der Waals surface area contributed by atoms with Crippen LogP contribution < -0.4 is 16.0 Å². The molecule has 0 bridgehead atoms. The molecular weight excluding hydrogens is 321 g/mol. The average molecular weight is 341 g/mol. The van der Waals surface area contributed by atoms with Gasteiger partial charge < -0.3 is 16.0 Å². The number of hydrogen-bond acceptors (Lipinski definition) is 2. The smallest absolute Gasteiger partial charge is 0.315 e. The highest BCUT2D eigenvalue weighted by atomic mass is 19.1. The largest absolute Gasteiger partial charge is 0.350 e. The van der Waals surface area contributed by atoms with Crippen molar-refractivity contribution in [3.8, 4) is 0 Å². The van der Waals surface area contributed by atoms with Gasteiger partial charge in [-0.15, -0.1) is 0 Å². The van der Waals surface area contributed by atoms with E-state index < -0.39 is 6.03 Å². The molecule has 130 valence electrons. The molecule has 2 aromatic rings. The van der Waals surface area contributed by atoms with Gasteiger partial charge in [0.15, 0.2) is 0 Å². The Hall–Kier alpha value is -2.89. The van der Waals surface area contributed by atoms with Crippen LogP contribution in [0.15, 0.2) is 54.6 Å². The normalized spacial score (nSPS) is 18.3. The molecule has 3 rings (SSSR count). The van der Waals surface area contributed by atoms with E-state index in [1.54, 1.807) is 6.07 Å². The lowest BCUT2D eigenvalue weighted by molar-refractivity contribution is -0.120. The van der Waals surface area contributed by atoms with E-state index in [-0.39, 0.29) is 30.2 Å². The molecule has 3 N–H and O–H groups in total. The lowest BCUT2D eigenvalue weighted by Gasteiger charge is -2.08. The summed E-state index contributed by atoms with van der Waals surface area (Å²) in [6, 6.07) is 15.5. The minimum absolute atomic E-state index is 0.0193. The number of urea groups is 1. The molecule has 1 fully saturated rings. The van der Waals surface area contributed by atoms with Crippen LogP contribution in [0, 0.1) is 5.82 Å². The lowest BCUT2D eigenvalue weighted by Crippen LogP contribution is -2.42. The first-order chi connectivity index (χ1) is 12.1. The van der Waals surface area contributed by atoms with Gasteiger partial charge in [-0.05, 0) is 29.7 Å². The molecular formula is C19H20FN3O2. The highest BCUT2D eigenvalue weighted by Gasteiger charge is 2.39. The van der Waals surface area contributed by atoms with Crippen molar-refractivity contribution in [1.82, 2.24) is 16.0 Å². The van der Waals surface area contributed by atoms with Gasteiger partial charge in [0.2, 0.25) is 5.91 Å². The summed E-state index contributed by atoms with van der Waals surface area (Å²) < 4.78 is 13.2. The minimum Gasteiger partial charge on any atom is -0.350 e. The molecule has 0 spiro atoms. The summed E-state index contributed by atoms with van der Waals surface area (Å²) in [5, 5.41) is 8.08. The zero-order valence-corrected chi connectivity index (χ0v) is 13.7. The van der Waals surface area contributed by atoms with Gasteiger partial charge in [0.1, 0.15) is 5.82 Å². The van der Waals surface area contributed by atoms with Crippen LogP contribution in [0.1, 0.15) is 23.5 Å². The number of benzene rings is 2. The Balaban J connectivity index is 1.35. The molecule has 0 aliphatic heterocycles. The Morgan fingerprint density at radius 3 is 2.60 bits per heavy atom. The number of halogens is 1. The molecule has 0 aromatic heterocycles. The van der Waals surface area contributed by atoms with Gasteiger partial charge in [0, 0.05) is 18.5 Å². The van der Waals surface area contributed by atoms with E-state index in [0.717, 1.165) is 17.5 Å². The fourth-order valence-corrected chi connectivity index (χ4v) is 2.70. The van der Waals surface area contributed by atoms with E-state index in [1.165, 1.54) is 12.1 Å². The SMILES string of the molecule is O=C(CNC(=O)N[C@H]1C[C@H]1c1cccc(F)c1)NCc1ccccc1. The Bertz CT molecular complexity index is 751. The molecule has 5 nitrogen and oxygen atoms in total. The summed E-state index contributed by atoms with van der Waals surface area (Å²) in [4.78, 5) is 23.6. The minimum atomic E-state index is -0.390. The molecule has 3 amide bonds. The van der Waals surface area contributed by atoms with Gasteiger partial charge in [-0.25, -0.2) is 9.18 Å². The Labute approximate surface area is 145 Å². The van der Waals surface area contributed by atoms with Crippen molar-refractivity contribution < 1.29 is 14.0 Å². The van der Waals surface area contributed by atoms with Crippen LogP contribution in [0.5, 0.6) is 0 Å². The Kier molecular flexibility index (Phi) is 5.28. The van der Waals surface area contributed by atoms with Crippen molar-refractivity contribution in [2.75, 3.05) is 6.54 Å². The maximum atomic E-state index is 13.2. The summed E-state index contributed by atoms with van der Waals surface area (Å²) >= 11 is 0. The molecule has 1 saturated carbocycles. The van der Waals surface area contributed by atoms with Crippen molar-refractivity contribution in [3.63, 3.8) is 0 Å². The van der Waals surface area contributed by atoms with Crippen molar-refractivity contribution >= 4 is 11.9 Å². The van der Waals surface area contributed by atoms with Crippen LogP contribution in [0.2, 0.25) is 0 Å². The maximum absolute atomic E-state index is 13.2. The van der Waals surface area contributed by atoms with Gasteiger partial charge in [-0.2, -0.15) is 0 Å². The highest BCUT2D eigenvalue weighted by molar-refractivity contribution is 5.84. The topological polar surface area (TPSA) is 70.2 Å². The number of hydrogen-bond donors (Lipinski definition) is 3. The molecule has 1 aliphatic rings. The van der Waals surface area contributed by atoms with Crippen molar-refractivity contribution in [2.24, 2.45) is 0 Å². The monoisotopic (exact) mass is 341 g/mol. The van der Waals surface area contributed by atoms with E-state index in [2.05, 4.69) is 16.0 Å². The second-order valence-electron chi connectivity index (χ2n) is 6.09. The summed E-state index contributed by atoms with van der Waals surface area (Å²) in [5.41, 5.74) is 1.88. The molecule has 2 aromatic carbocycles. The predicted molar refractivity (Wildman–Crippen MR) is 92.4 cm³/mol. The molecule has 1 aliphatic carbocycles. The predicted octanol–water partition coefficient (Wildman–Crippen LogP) is 2.30. The van der Waals surface area contributed by atoms with Gasteiger partial charge in [0.25, 0.3) is 0 Å². The summed E-state index contributed by atoms with van der Waals surface area (Å²) in [6.07, 6.45) is 0.775. The first-order valence-corrected chi connectivity index (χ1v) is 8.22. The summed E-state index contributed by atoms with van der Waals surface area (Å²) in [6.45, 7) is 0.337. The summed E-state index contributed by atoms with van der Waals surface area (Å²) in [5.74, 6) is -0.396. The first-order valence-electron chi connectivity index (χ1n) is 8.22. The molecule has 0 heterocycles. The molecule has 0 radical (unpaired) electrons. The number of rotatable bonds is 6. The van der Waals surface area contributed by atoms with Gasteiger partial charge >= 0.3 is 6.03 Å². The van der Waals surface area contributed by atoms with Crippen LogP contribution in [-0.2, 0) is 11.3 Å². The number of carbonyl (C=O) groups excluding carboxylic acids is 2. The second kappa shape index (κ2) is 7.79. The van der Waals surface area contributed by atoms with E-state index in [0.29, 0.717) is 6.54 Å². The fraction of sp³-hybridized carbons (Fsp3) is 0.263. The van der Waals surface area contributed by atoms with Crippen molar-refractivity contribution in [3.05, 3.63) is 71.5 Å². The third kappa shape index (κ3) is 5.04. The Morgan fingerprint density at radius 1 is 1.04 bits per heavy atom. The number of amides is 3. The van der Waals surface area contributed by atoms with Crippen LogP contribution in [-0.4, -0.2) is 24.5 Å². The van der Waals surface area contributed by atoms with Crippen molar-refractivity contribution in [1.29, 1.82) is 0 Å². The molecule has 0 saturated heterocycles. The van der Waals surface area contributed by atoms with Crippen LogP contribution in [0.3, 0.4) is 0 Å². The van der Waals surface area contributed by atoms with Crippen LogP contribution in [0.25, 0.3) is 0 Å². The molecule has 0 unspecified atom stereocenters. The standard InChI is InChI=1S/C19H20FN3O2/c20-15-8-4-7-14(9-15)16-10-17(16)23-19(25)22-12-18(24)21-11-13-5-2-1-3-6-13/h1-9,16-17H,10-12H2,(H,21,24)(H2,22,23,25)/t16-,17-/m0/s1. The maximum Gasteiger partial charge on any atom is 0.315 e. The average Bonchev–Trinajstić information content (AvgIpc) is 3.38. The number of carbonyl (C=O) groups is 2. The zero-order chi connectivity index (χ0) is 17.6. The molecule has 6 heteroatoms. The van der Waals surface area contributed by atoms with Crippen LogP contribution >= 0.6 is 0 Å². The Morgan fingerprint density at radius 2 is 1.84 bits per heavy atom. The van der Waals surface area contributed by atoms with Gasteiger partial charge in [-0.1, -0.05) is 42.5 Å². The van der Waals surface area contributed by atoms with Crippen molar-refractivity contribution in [2.45, 2.75) is 24.9 Å². The first kappa shape index (κ1) is 17.0.